The van der Waals surface area contributed by atoms with Gasteiger partial charge in [0.2, 0.25) is 5.91 Å². The van der Waals surface area contributed by atoms with Crippen molar-refractivity contribution >= 4 is 11.6 Å². The second kappa shape index (κ2) is 6.52. The minimum Gasteiger partial charge on any atom is -0.301 e. The Morgan fingerprint density at radius 3 is 2.04 bits per heavy atom. The van der Waals surface area contributed by atoms with Gasteiger partial charge in [-0.15, -0.1) is 0 Å². The Bertz CT molecular complexity index is 859. The molecule has 1 heterocycles. The first-order valence-corrected chi connectivity index (χ1v) is 8.71. The smallest absolute Gasteiger partial charge is 0.227 e. The first kappa shape index (κ1) is 15.6. The molecule has 1 aliphatic rings. The van der Waals surface area contributed by atoms with Crippen LogP contribution in [0.2, 0.25) is 0 Å². The highest BCUT2D eigenvalue weighted by molar-refractivity contribution is 5.97. The number of fused-ring (bicyclic) bond motifs is 3. The van der Waals surface area contributed by atoms with E-state index in [9.17, 15) is 4.79 Å². The average Bonchev–Trinajstić information content (AvgIpc) is 2.98. The summed E-state index contributed by atoms with van der Waals surface area (Å²) in [4.78, 5) is 19.1. The van der Waals surface area contributed by atoms with Gasteiger partial charge in [0.25, 0.3) is 0 Å². The largest absolute Gasteiger partial charge is 0.301 e. The number of rotatable bonds is 4. The molecule has 0 radical (unpaired) electrons. The topological polar surface area (TPSA) is 33.2 Å². The molecule has 3 heteroatoms. The van der Waals surface area contributed by atoms with Crippen molar-refractivity contribution in [1.29, 1.82) is 0 Å². The van der Waals surface area contributed by atoms with Crippen molar-refractivity contribution < 1.29 is 4.79 Å². The van der Waals surface area contributed by atoms with Gasteiger partial charge in [0, 0.05) is 24.5 Å². The lowest BCUT2D eigenvalue weighted by molar-refractivity contribution is -0.119. The third-order valence-corrected chi connectivity index (χ3v) is 4.73. The minimum absolute atomic E-state index is 0.0890. The molecule has 3 aromatic rings. The Hall–Kier alpha value is -2.94. The maximum atomic E-state index is 13.1. The number of pyridine rings is 1. The lowest BCUT2D eigenvalue weighted by Gasteiger charge is -2.30. The highest BCUT2D eigenvalue weighted by Crippen LogP contribution is 2.47. The molecule has 0 N–H and O–H groups in total. The van der Waals surface area contributed by atoms with Crippen molar-refractivity contribution in [3.8, 4) is 11.1 Å². The Balaban J connectivity index is 1.91. The summed E-state index contributed by atoms with van der Waals surface area (Å²) in [6.07, 6.45) is 4.85. The van der Waals surface area contributed by atoms with E-state index in [1.807, 2.05) is 36.1 Å². The number of hydrogen-bond acceptors (Lipinski definition) is 2. The highest BCUT2D eigenvalue weighted by atomic mass is 16.2. The van der Waals surface area contributed by atoms with Crippen LogP contribution in [0.15, 0.2) is 73.1 Å². The van der Waals surface area contributed by atoms with Crippen LogP contribution in [0.25, 0.3) is 11.1 Å². The van der Waals surface area contributed by atoms with Crippen molar-refractivity contribution in [2.75, 3.05) is 4.90 Å². The summed E-state index contributed by atoms with van der Waals surface area (Å²) in [5, 5.41) is 0. The molecule has 1 aromatic heterocycles. The summed E-state index contributed by atoms with van der Waals surface area (Å²) < 4.78 is 0. The lowest BCUT2D eigenvalue weighted by atomic mass is 10.0. The minimum atomic E-state index is -0.0890. The van der Waals surface area contributed by atoms with Gasteiger partial charge in [0.1, 0.15) is 0 Å². The number of hydrogen-bond donors (Lipinski definition) is 0. The monoisotopic (exact) mass is 328 g/mol. The standard InChI is InChI=1S/C22H20N2O/c1-2-7-21(25)24(16-12-14-23-15-13-16)22-19-10-5-3-8-17(19)18-9-4-6-11-20(18)22/h3-6,8-15,22H,2,7H2,1H3. The van der Waals surface area contributed by atoms with Gasteiger partial charge in [0.05, 0.1) is 6.04 Å². The summed E-state index contributed by atoms with van der Waals surface area (Å²) in [5.41, 5.74) is 5.69. The van der Waals surface area contributed by atoms with Crippen molar-refractivity contribution in [3.63, 3.8) is 0 Å². The van der Waals surface area contributed by atoms with E-state index in [0.29, 0.717) is 6.42 Å². The fourth-order valence-electron chi connectivity index (χ4n) is 3.68. The second-order valence-corrected chi connectivity index (χ2v) is 6.30. The first-order valence-electron chi connectivity index (χ1n) is 8.71. The molecule has 1 aliphatic carbocycles. The van der Waals surface area contributed by atoms with Crippen LogP contribution in [-0.2, 0) is 4.79 Å². The lowest BCUT2D eigenvalue weighted by Crippen LogP contribution is -2.34. The van der Waals surface area contributed by atoms with E-state index in [1.54, 1.807) is 12.4 Å². The number of carbonyl (C=O) groups excluding carboxylic acids is 1. The second-order valence-electron chi connectivity index (χ2n) is 6.30. The normalized spacial score (nSPS) is 12.5. The Morgan fingerprint density at radius 1 is 0.920 bits per heavy atom. The van der Waals surface area contributed by atoms with Gasteiger partial charge in [-0.1, -0.05) is 55.5 Å². The SMILES string of the molecule is CCCC(=O)N(c1ccncc1)C1c2ccccc2-c2ccccc21. The number of carbonyl (C=O) groups is 1. The van der Waals surface area contributed by atoms with E-state index < -0.39 is 0 Å². The van der Waals surface area contributed by atoms with Crippen molar-refractivity contribution in [1.82, 2.24) is 4.98 Å². The van der Waals surface area contributed by atoms with Crippen molar-refractivity contribution in [2.45, 2.75) is 25.8 Å². The van der Waals surface area contributed by atoms with E-state index >= 15 is 0 Å². The third-order valence-electron chi connectivity index (χ3n) is 4.73. The molecule has 124 valence electrons. The van der Waals surface area contributed by atoms with E-state index in [1.165, 1.54) is 22.3 Å². The van der Waals surface area contributed by atoms with Gasteiger partial charge in [-0.05, 0) is 40.8 Å². The van der Waals surface area contributed by atoms with Crippen LogP contribution < -0.4 is 4.90 Å². The van der Waals surface area contributed by atoms with E-state index in [4.69, 9.17) is 0 Å². The molecule has 0 saturated heterocycles. The van der Waals surface area contributed by atoms with Crippen molar-refractivity contribution in [2.24, 2.45) is 0 Å². The van der Waals surface area contributed by atoms with E-state index in [-0.39, 0.29) is 11.9 Å². The molecule has 0 spiro atoms. The summed E-state index contributed by atoms with van der Waals surface area (Å²) in [6.45, 7) is 2.04. The Labute approximate surface area is 148 Å². The molecule has 3 nitrogen and oxygen atoms in total. The van der Waals surface area contributed by atoms with Crippen LogP contribution in [-0.4, -0.2) is 10.9 Å². The number of nitrogens with zero attached hydrogens (tertiary/aromatic N) is 2. The van der Waals surface area contributed by atoms with Crippen LogP contribution in [0, 0.1) is 0 Å². The molecule has 4 rings (SSSR count). The molecule has 0 atom stereocenters. The third kappa shape index (κ3) is 2.62. The average molecular weight is 328 g/mol. The van der Waals surface area contributed by atoms with Crippen LogP contribution in [0.5, 0.6) is 0 Å². The zero-order chi connectivity index (χ0) is 17.2. The fourth-order valence-corrected chi connectivity index (χ4v) is 3.68. The maximum absolute atomic E-state index is 13.1. The maximum Gasteiger partial charge on any atom is 0.227 e. The van der Waals surface area contributed by atoms with Crippen molar-refractivity contribution in [3.05, 3.63) is 84.2 Å². The molecular weight excluding hydrogens is 308 g/mol. The van der Waals surface area contributed by atoms with Crippen LogP contribution in [0.1, 0.15) is 36.9 Å². The zero-order valence-electron chi connectivity index (χ0n) is 14.2. The Kier molecular flexibility index (Phi) is 4.06. The number of aromatic nitrogens is 1. The summed E-state index contributed by atoms with van der Waals surface area (Å²) >= 11 is 0. The predicted molar refractivity (Wildman–Crippen MR) is 100 cm³/mol. The quantitative estimate of drug-likeness (QED) is 0.676. The fraction of sp³-hybridized carbons (Fsp3) is 0.182. The number of benzene rings is 2. The van der Waals surface area contributed by atoms with E-state index in [2.05, 4.69) is 41.4 Å². The van der Waals surface area contributed by atoms with Gasteiger partial charge in [-0.3, -0.25) is 9.78 Å². The molecule has 2 aromatic carbocycles. The van der Waals surface area contributed by atoms with Gasteiger partial charge in [-0.25, -0.2) is 0 Å². The summed E-state index contributed by atoms with van der Waals surface area (Å²) in [6, 6.07) is 20.5. The molecule has 0 aliphatic heterocycles. The summed E-state index contributed by atoms with van der Waals surface area (Å²) in [7, 11) is 0. The molecule has 0 bridgehead atoms. The van der Waals surface area contributed by atoms with Gasteiger partial charge in [0.15, 0.2) is 0 Å². The highest BCUT2D eigenvalue weighted by Gasteiger charge is 2.35. The zero-order valence-corrected chi connectivity index (χ0v) is 14.2. The summed E-state index contributed by atoms with van der Waals surface area (Å²) in [5.74, 6) is 0.144. The molecule has 0 unspecified atom stereocenters. The molecule has 0 saturated carbocycles. The molecule has 0 fully saturated rings. The first-order chi connectivity index (χ1) is 12.3. The molecular formula is C22H20N2O. The predicted octanol–water partition coefficient (Wildman–Crippen LogP) is 4.98. The van der Waals surface area contributed by atoms with E-state index in [0.717, 1.165) is 12.1 Å². The van der Waals surface area contributed by atoms with Crippen LogP contribution in [0.3, 0.4) is 0 Å². The van der Waals surface area contributed by atoms with Gasteiger partial charge in [-0.2, -0.15) is 0 Å². The van der Waals surface area contributed by atoms with Gasteiger partial charge < -0.3 is 4.90 Å². The molecule has 1 amide bonds. The number of anilines is 1. The van der Waals surface area contributed by atoms with Crippen LogP contribution in [0.4, 0.5) is 5.69 Å². The molecule has 25 heavy (non-hydrogen) atoms. The van der Waals surface area contributed by atoms with Crippen LogP contribution >= 0.6 is 0 Å². The Morgan fingerprint density at radius 2 is 1.48 bits per heavy atom. The number of amides is 1. The van der Waals surface area contributed by atoms with Gasteiger partial charge >= 0.3 is 0 Å².